The van der Waals surface area contributed by atoms with Crippen LogP contribution < -0.4 is 5.32 Å². The SMILES string of the molecule is CC(C)c1nccn1CCNC1CCCC1. The first-order valence-corrected chi connectivity index (χ1v) is 6.52. The molecule has 2 rings (SSSR count). The van der Waals surface area contributed by atoms with Crippen LogP contribution in [0.25, 0.3) is 0 Å². The molecule has 1 saturated carbocycles. The fourth-order valence-electron chi connectivity index (χ4n) is 2.53. The van der Waals surface area contributed by atoms with Crippen molar-refractivity contribution >= 4 is 0 Å². The van der Waals surface area contributed by atoms with E-state index in [0.29, 0.717) is 5.92 Å². The van der Waals surface area contributed by atoms with E-state index in [2.05, 4.69) is 34.9 Å². The first-order chi connectivity index (χ1) is 7.77. The van der Waals surface area contributed by atoms with Gasteiger partial charge in [0.1, 0.15) is 5.82 Å². The maximum absolute atomic E-state index is 4.40. The molecule has 0 radical (unpaired) electrons. The second-order valence-electron chi connectivity index (χ2n) is 5.07. The second-order valence-corrected chi connectivity index (χ2v) is 5.07. The van der Waals surface area contributed by atoms with E-state index >= 15 is 0 Å². The van der Waals surface area contributed by atoms with Crippen molar-refractivity contribution in [3.8, 4) is 0 Å². The topological polar surface area (TPSA) is 29.9 Å². The molecule has 16 heavy (non-hydrogen) atoms. The lowest BCUT2D eigenvalue weighted by atomic mass is 10.2. The zero-order valence-corrected chi connectivity index (χ0v) is 10.4. The van der Waals surface area contributed by atoms with Crippen LogP contribution in [0.4, 0.5) is 0 Å². The van der Waals surface area contributed by atoms with E-state index < -0.39 is 0 Å². The van der Waals surface area contributed by atoms with Crippen LogP contribution >= 0.6 is 0 Å². The molecule has 0 atom stereocenters. The Bertz CT molecular complexity index is 311. The second kappa shape index (κ2) is 5.48. The number of rotatable bonds is 5. The Kier molecular flexibility index (Phi) is 3.99. The summed E-state index contributed by atoms with van der Waals surface area (Å²) in [6.07, 6.45) is 9.53. The highest BCUT2D eigenvalue weighted by atomic mass is 15.1. The maximum Gasteiger partial charge on any atom is 0.111 e. The Morgan fingerprint density at radius 2 is 2.19 bits per heavy atom. The molecule has 0 aromatic carbocycles. The van der Waals surface area contributed by atoms with Gasteiger partial charge in [0.05, 0.1) is 0 Å². The van der Waals surface area contributed by atoms with Gasteiger partial charge >= 0.3 is 0 Å². The highest BCUT2D eigenvalue weighted by Crippen LogP contribution is 2.17. The van der Waals surface area contributed by atoms with Crippen molar-refractivity contribution in [1.82, 2.24) is 14.9 Å². The van der Waals surface area contributed by atoms with Crippen molar-refractivity contribution in [2.75, 3.05) is 6.54 Å². The van der Waals surface area contributed by atoms with E-state index in [1.54, 1.807) is 0 Å². The molecule has 0 bridgehead atoms. The summed E-state index contributed by atoms with van der Waals surface area (Å²) in [5.74, 6) is 1.72. The van der Waals surface area contributed by atoms with Crippen LogP contribution in [0.3, 0.4) is 0 Å². The summed E-state index contributed by atoms with van der Waals surface area (Å²) in [7, 11) is 0. The third-order valence-corrected chi connectivity index (χ3v) is 3.40. The lowest BCUT2D eigenvalue weighted by molar-refractivity contribution is 0.487. The molecule has 1 aliphatic carbocycles. The van der Waals surface area contributed by atoms with Gasteiger partial charge in [0.15, 0.2) is 0 Å². The average molecular weight is 221 g/mol. The highest BCUT2D eigenvalue weighted by Gasteiger charge is 2.14. The fourth-order valence-corrected chi connectivity index (χ4v) is 2.53. The summed E-state index contributed by atoms with van der Waals surface area (Å²) < 4.78 is 2.27. The van der Waals surface area contributed by atoms with Gasteiger partial charge in [-0.1, -0.05) is 26.7 Å². The Morgan fingerprint density at radius 1 is 1.44 bits per heavy atom. The van der Waals surface area contributed by atoms with Gasteiger partial charge in [-0.05, 0) is 12.8 Å². The smallest absolute Gasteiger partial charge is 0.111 e. The maximum atomic E-state index is 4.40. The van der Waals surface area contributed by atoms with Crippen LogP contribution in [0.15, 0.2) is 12.4 Å². The predicted octanol–water partition coefficient (Wildman–Crippen LogP) is 2.54. The molecule has 1 aromatic rings. The van der Waals surface area contributed by atoms with E-state index in [0.717, 1.165) is 19.1 Å². The molecule has 3 heteroatoms. The summed E-state index contributed by atoms with van der Waals surface area (Å²) in [5, 5.41) is 3.64. The minimum Gasteiger partial charge on any atom is -0.333 e. The van der Waals surface area contributed by atoms with Crippen molar-refractivity contribution in [1.29, 1.82) is 0 Å². The van der Waals surface area contributed by atoms with Gasteiger partial charge in [0, 0.05) is 37.4 Å². The molecule has 0 spiro atoms. The number of hydrogen-bond donors (Lipinski definition) is 1. The van der Waals surface area contributed by atoms with E-state index in [1.807, 2.05) is 6.20 Å². The molecule has 0 aliphatic heterocycles. The number of aromatic nitrogens is 2. The average Bonchev–Trinajstić information content (AvgIpc) is 2.87. The summed E-state index contributed by atoms with van der Waals surface area (Å²) >= 11 is 0. The fraction of sp³-hybridized carbons (Fsp3) is 0.769. The van der Waals surface area contributed by atoms with Crippen molar-refractivity contribution in [3.63, 3.8) is 0 Å². The number of hydrogen-bond acceptors (Lipinski definition) is 2. The summed E-state index contributed by atoms with van der Waals surface area (Å²) in [6, 6.07) is 0.769. The number of nitrogens with one attached hydrogen (secondary N) is 1. The summed E-state index contributed by atoms with van der Waals surface area (Å²) in [4.78, 5) is 4.40. The zero-order valence-electron chi connectivity index (χ0n) is 10.4. The molecular weight excluding hydrogens is 198 g/mol. The van der Waals surface area contributed by atoms with Crippen LogP contribution in [-0.4, -0.2) is 22.1 Å². The lowest BCUT2D eigenvalue weighted by Crippen LogP contribution is -2.29. The molecule has 1 aromatic heterocycles. The Morgan fingerprint density at radius 3 is 2.88 bits per heavy atom. The molecular formula is C13H23N3. The molecule has 3 nitrogen and oxygen atoms in total. The van der Waals surface area contributed by atoms with Crippen molar-refractivity contribution in [2.45, 2.75) is 58.0 Å². The third-order valence-electron chi connectivity index (χ3n) is 3.40. The monoisotopic (exact) mass is 221 g/mol. The normalized spacial score (nSPS) is 17.4. The van der Waals surface area contributed by atoms with E-state index in [-0.39, 0.29) is 0 Å². The van der Waals surface area contributed by atoms with Gasteiger partial charge in [0.25, 0.3) is 0 Å². The predicted molar refractivity (Wildman–Crippen MR) is 66.6 cm³/mol. The standard InChI is InChI=1S/C13H23N3/c1-11(2)13-15-8-10-16(13)9-7-14-12-5-3-4-6-12/h8,10-12,14H,3-7,9H2,1-2H3. The minimum absolute atomic E-state index is 0.515. The zero-order chi connectivity index (χ0) is 11.4. The van der Waals surface area contributed by atoms with E-state index in [9.17, 15) is 0 Å². The van der Waals surface area contributed by atoms with Gasteiger partial charge in [-0.2, -0.15) is 0 Å². The third kappa shape index (κ3) is 2.85. The first-order valence-electron chi connectivity index (χ1n) is 6.52. The van der Waals surface area contributed by atoms with Crippen LogP contribution in [0, 0.1) is 0 Å². The molecule has 0 unspecified atom stereocenters. The van der Waals surface area contributed by atoms with Crippen LogP contribution in [0.5, 0.6) is 0 Å². The Balaban J connectivity index is 1.78. The van der Waals surface area contributed by atoms with Gasteiger partial charge in [-0.3, -0.25) is 0 Å². The molecule has 0 saturated heterocycles. The highest BCUT2D eigenvalue weighted by molar-refractivity contribution is 4.97. The van der Waals surface area contributed by atoms with Crippen LogP contribution in [-0.2, 0) is 6.54 Å². The van der Waals surface area contributed by atoms with Gasteiger partial charge in [0.2, 0.25) is 0 Å². The van der Waals surface area contributed by atoms with Crippen molar-refractivity contribution in [3.05, 3.63) is 18.2 Å². The Hall–Kier alpha value is -0.830. The number of nitrogens with zero attached hydrogens (tertiary/aromatic N) is 2. The quantitative estimate of drug-likeness (QED) is 0.828. The van der Waals surface area contributed by atoms with E-state index in [4.69, 9.17) is 0 Å². The van der Waals surface area contributed by atoms with Crippen LogP contribution in [0.1, 0.15) is 51.3 Å². The van der Waals surface area contributed by atoms with Gasteiger partial charge in [-0.15, -0.1) is 0 Å². The minimum atomic E-state index is 0.515. The lowest BCUT2D eigenvalue weighted by Gasteiger charge is -2.14. The summed E-state index contributed by atoms with van der Waals surface area (Å²) in [6.45, 7) is 6.51. The van der Waals surface area contributed by atoms with E-state index in [1.165, 1.54) is 31.5 Å². The first kappa shape index (κ1) is 11.6. The molecule has 1 fully saturated rings. The largest absolute Gasteiger partial charge is 0.333 e. The van der Waals surface area contributed by atoms with Crippen molar-refractivity contribution < 1.29 is 0 Å². The molecule has 1 aliphatic rings. The number of imidazole rings is 1. The Labute approximate surface area is 98.3 Å². The van der Waals surface area contributed by atoms with Crippen molar-refractivity contribution in [2.24, 2.45) is 0 Å². The molecule has 0 amide bonds. The molecule has 1 heterocycles. The summed E-state index contributed by atoms with van der Waals surface area (Å²) in [5.41, 5.74) is 0. The van der Waals surface area contributed by atoms with Gasteiger partial charge < -0.3 is 9.88 Å². The molecule has 1 N–H and O–H groups in total. The molecule has 90 valence electrons. The van der Waals surface area contributed by atoms with Crippen LogP contribution in [0.2, 0.25) is 0 Å². The van der Waals surface area contributed by atoms with Gasteiger partial charge in [-0.25, -0.2) is 4.98 Å².